The molecular formula is C17H19Cl2NO3S. The fourth-order valence-corrected chi connectivity index (χ4v) is 3.80. The van der Waals surface area contributed by atoms with Crippen molar-refractivity contribution < 1.29 is 14.3 Å². The Labute approximate surface area is 155 Å². The van der Waals surface area contributed by atoms with E-state index in [1.807, 2.05) is 20.8 Å². The molecular weight excluding hydrogens is 369 g/mol. The highest BCUT2D eigenvalue weighted by molar-refractivity contribution is 7.21. The normalized spacial score (nSPS) is 11.5. The number of carbonyl (C=O) groups excluding carboxylic acids is 2. The van der Waals surface area contributed by atoms with Crippen molar-refractivity contribution in [3.8, 4) is 0 Å². The van der Waals surface area contributed by atoms with Crippen molar-refractivity contribution in [3.63, 3.8) is 0 Å². The van der Waals surface area contributed by atoms with E-state index in [1.165, 1.54) is 11.3 Å². The molecule has 2 rings (SSSR count). The van der Waals surface area contributed by atoms with Crippen LogP contribution in [0.3, 0.4) is 0 Å². The molecule has 0 saturated heterocycles. The molecule has 1 N–H and O–H groups in total. The molecule has 24 heavy (non-hydrogen) atoms. The first kappa shape index (κ1) is 19.0. The number of halogens is 2. The van der Waals surface area contributed by atoms with Gasteiger partial charge in [-0.25, -0.2) is 0 Å². The Bertz CT molecular complexity index is 765. The fourth-order valence-electron chi connectivity index (χ4n) is 2.09. The molecule has 130 valence electrons. The minimum Gasteiger partial charge on any atom is -0.460 e. The number of thiophene rings is 1. The van der Waals surface area contributed by atoms with Gasteiger partial charge in [-0.2, -0.15) is 0 Å². The zero-order valence-electron chi connectivity index (χ0n) is 13.7. The van der Waals surface area contributed by atoms with E-state index >= 15 is 0 Å². The van der Waals surface area contributed by atoms with Gasteiger partial charge in [-0.3, -0.25) is 9.59 Å². The van der Waals surface area contributed by atoms with Gasteiger partial charge in [-0.1, -0.05) is 29.3 Å². The fraction of sp³-hybridized carbons (Fsp3) is 0.412. The molecule has 7 heteroatoms. The molecule has 0 unspecified atom stereocenters. The summed E-state index contributed by atoms with van der Waals surface area (Å²) in [5.74, 6) is -0.521. The lowest BCUT2D eigenvalue weighted by molar-refractivity contribution is -0.154. The molecule has 0 bridgehead atoms. The van der Waals surface area contributed by atoms with Crippen LogP contribution >= 0.6 is 34.5 Å². The first-order chi connectivity index (χ1) is 11.2. The SMILES string of the molecule is CC(C)(C)OC(=O)CCCNC(=O)c1sc2cc(Cl)ccc2c1Cl. The zero-order valence-corrected chi connectivity index (χ0v) is 16.1. The summed E-state index contributed by atoms with van der Waals surface area (Å²) >= 11 is 13.5. The predicted octanol–water partition coefficient (Wildman–Crippen LogP) is 5.06. The van der Waals surface area contributed by atoms with Crippen LogP contribution in [0.5, 0.6) is 0 Å². The first-order valence-electron chi connectivity index (χ1n) is 7.55. The van der Waals surface area contributed by atoms with E-state index in [0.717, 1.165) is 10.1 Å². The molecule has 0 aliphatic heterocycles. The molecule has 0 fully saturated rings. The van der Waals surface area contributed by atoms with Crippen LogP contribution in [0.4, 0.5) is 0 Å². The molecule has 1 aromatic heterocycles. The molecule has 0 atom stereocenters. The maximum Gasteiger partial charge on any atom is 0.306 e. The van der Waals surface area contributed by atoms with Crippen molar-refractivity contribution in [1.29, 1.82) is 0 Å². The van der Waals surface area contributed by atoms with Crippen molar-refractivity contribution in [2.24, 2.45) is 0 Å². The van der Waals surface area contributed by atoms with Crippen LogP contribution in [-0.2, 0) is 9.53 Å². The number of hydrogen-bond donors (Lipinski definition) is 1. The summed E-state index contributed by atoms with van der Waals surface area (Å²) < 4.78 is 6.08. The Morgan fingerprint density at radius 2 is 1.96 bits per heavy atom. The monoisotopic (exact) mass is 387 g/mol. The van der Waals surface area contributed by atoms with Crippen molar-refractivity contribution >= 4 is 56.5 Å². The smallest absolute Gasteiger partial charge is 0.306 e. The number of rotatable bonds is 5. The molecule has 1 heterocycles. The summed E-state index contributed by atoms with van der Waals surface area (Å²) in [6.45, 7) is 5.84. The number of fused-ring (bicyclic) bond motifs is 1. The van der Waals surface area contributed by atoms with Gasteiger partial charge < -0.3 is 10.1 Å². The second-order valence-corrected chi connectivity index (χ2v) is 8.20. The van der Waals surface area contributed by atoms with E-state index in [9.17, 15) is 9.59 Å². The van der Waals surface area contributed by atoms with Gasteiger partial charge in [0.05, 0.1) is 5.02 Å². The maximum atomic E-state index is 12.3. The second kappa shape index (κ2) is 7.72. The summed E-state index contributed by atoms with van der Waals surface area (Å²) in [6.07, 6.45) is 0.766. The van der Waals surface area contributed by atoms with Crippen LogP contribution in [-0.4, -0.2) is 24.0 Å². The van der Waals surface area contributed by atoms with Gasteiger partial charge in [0.1, 0.15) is 10.5 Å². The third-order valence-corrected chi connectivity index (χ3v) is 4.95. The standard InChI is InChI=1S/C17H19Cl2NO3S/c1-17(2,3)23-13(21)5-4-8-20-16(22)15-14(19)11-7-6-10(18)9-12(11)24-15/h6-7,9H,4-5,8H2,1-3H3,(H,20,22). The summed E-state index contributed by atoms with van der Waals surface area (Å²) in [5, 5.41) is 4.62. The van der Waals surface area contributed by atoms with Gasteiger partial charge in [0, 0.05) is 28.1 Å². The Balaban J connectivity index is 1.89. The number of hydrogen-bond acceptors (Lipinski definition) is 4. The van der Waals surface area contributed by atoms with Crippen molar-refractivity contribution in [2.45, 2.75) is 39.2 Å². The number of carbonyl (C=O) groups is 2. The maximum absolute atomic E-state index is 12.3. The minimum atomic E-state index is -0.494. The third kappa shape index (κ3) is 5.10. The van der Waals surface area contributed by atoms with E-state index in [4.69, 9.17) is 27.9 Å². The lowest BCUT2D eigenvalue weighted by Crippen LogP contribution is -2.26. The van der Waals surface area contributed by atoms with Gasteiger partial charge in [-0.05, 0) is 39.3 Å². The van der Waals surface area contributed by atoms with Gasteiger partial charge in [-0.15, -0.1) is 11.3 Å². The topological polar surface area (TPSA) is 55.4 Å². The lowest BCUT2D eigenvalue weighted by atomic mass is 10.2. The van der Waals surface area contributed by atoms with E-state index in [1.54, 1.807) is 18.2 Å². The van der Waals surface area contributed by atoms with E-state index in [0.29, 0.717) is 27.9 Å². The Morgan fingerprint density at radius 3 is 2.62 bits per heavy atom. The molecule has 0 aliphatic rings. The van der Waals surface area contributed by atoms with Crippen LogP contribution in [0.15, 0.2) is 18.2 Å². The van der Waals surface area contributed by atoms with E-state index in [-0.39, 0.29) is 18.3 Å². The Morgan fingerprint density at radius 1 is 1.25 bits per heavy atom. The largest absolute Gasteiger partial charge is 0.460 e. The number of nitrogens with one attached hydrogen (secondary N) is 1. The van der Waals surface area contributed by atoms with Gasteiger partial charge in [0.25, 0.3) is 5.91 Å². The second-order valence-electron chi connectivity index (χ2n) is 6.33. The highest BCUT2D eigenvalue weighted by atomic mass is 35.5. The van der Waals surface area contributed by atoms with Crippen LogP contribution in [0.2, 0.25) is 10.0 Å². The Hall–Kier alpha value is -1.30. The van der Waals surface area contributed by atoms with Gasteiger partial charge in [0.15, 0.2) is 0 Å². The number of ether oxygens (including phenoxy) is 1. The molecule has 0 radical (unpaired) electrons. The first-order valence-corrected chi connectivity index (χ1v) is 9.12. The molecule has 0 saturated carbocycles. The van der Waals surface area contributed by atoms with Crippen LogP contribution in [0.1, 0.15) is 43.3 Å². The summed E-state index contributed by atoms with van der Waals surface area (Å²) in [6, 6.07) is 5.33. The predicted molar refractivity (Wildman–Crippen MR) is 99.3 cm³/mol. The zero-order chi connectivity index (χ0) is 17.9. The number of amides is 1. The molecule has 4 nitrogen and oxygen atoms in total. The molecule has 2 aromatic rings. The van der Waals surface area contributed by atoms with Gasteiger partial charge >= 0.3 is 5.97 Å². The average Bonchev–Trinajstić information content (AvgIpc) is 2.78. The van der Waals surface area contributed by atoms with Crippen LogP contribution < -0.4 is 5.32 Å². The van der Waals surface area contributed by atoms with Crippen molar-refractivity contribution in [3.05, 3.63) is 33.1 Å². The number of benzene rings is 1. The molecule has 0 spiro atoms. The van der Waals surface area contributed by atoms with Crippen LogP contribution in [0.25, 0.3) is 10.1 Å². The molecule has 0 aliphatic carbocycles. The highest BCUT2D eigenvalue weighted by Crippen LogP contribution is 2.36. The quantitative estimate of drug-likeness (QED) is 0.575. The highest BCUT2D eigenvalue weighted by Gasteiger charge is 2.18. The van der Waals surface area contributed by atoms with Crippen molar-refractivity contribution in [1.82, 2.24) is 5.32 Å². The van der Waals surface area contributed by atoms with Gasteiger partial charge in [0.2, 0.25) is 0 Å². The minimum absolute atomic E-state index is 0.249. The average molecular weight is 388 g/mol. The van der Waals surface area contributed by atoms with Crippen LogP contribution in [0, 0.1) is 0 Å². The lowest BCUT2D eigenvalue weighted by Gasteiger charge is -2.19. The third-order valence-electron chi connectivity index (χ3n) is 3.06. The molecule has 1 aromatic carbocycles. The summed E-state index contributed by atoms with van der Waals surface area (Å²) in [7, 11) is 0. The summed E-state index contributed by atoms with van der Waals surface area (Å²) in [5.41, 5.74) is -0.494. The number of esters is 1. The van der Waals surface area contributed by atoms with E-state index in [2.05, 4.69) is 5.32 Å². The molecule has 1 amide bonds. The van der Waals surface area contributed by atoms with Crippen molar-refractivity contribution in [2.75, 3.05) is 6.54 Å². The Kier molecular flexibility index (Phi) is 6.12. The summed E-state index contributed by atoms with van der Waals surface area (Å²) in [4.78, 5) is 24.3. The van der Waals surface area contributed by atoms with E-state index < -0.39 is 5.60 Å².